The van der Waals surface area contributed by atoms with Gasteiger partial charge >= 0.3 is 0 Å². The standard InChI is InChI=1S/C11H11Cl2N3OS/c1-6(7-3-4-8(12)18-7)16-11-9(17-2)10(13)14-5-15-11/h3-6H,1-2H3,(H,14,15,16). The minimum absolute atomic E-state index is 0.0577. The predicted octanol–water partition coefficient (Wildman–Crippen LogP) is 4.03. The van der Waals surface area contributed by atoms with Gasteiger partial charge in [0.05, 0.1) is 17.5 Å². The third-order valence-electron chi connectivity index (χ3n) is 2.34. The molecular formula is C11H11Cl2N3OS. The van der Waals surface area contributed by atoms with Gasteiger partial charge in [0.1, 0.15) is 6.33 Å². The molecule has 2 heterocycles. The van der Waals surface area contributed by atoms with Crippen molar-refractivity contribution >= 4 is 40.4 Å². The summed E-state index contributed by atoms with van der Waals surface area (Å²) in [6, 6.07) is 3.89. The molecule has 2 rings (SSSR count). The molecule has 0 saturated carbocycles. The van der Waals surface area contributed by atoms with E-state index in [1.54, 1.807) is 0 Å². The Morgan fingerprint density at radius 3 is 2.72 bits per heavy atom. The molecule has 7 heteroatoms. The largest absolute Gasteiger partial charge is 0.490 e. The van der Waals surface area contributed by atoms with Crippen LogP contribution >= 0.6 is 34.5 Å². The average Bonchev–Trinajstić information content (AvgIpc) is 2.76. The molecule has 1 atom stereocenters. The number of methoxy groups -OCH3 is 1. The van der Waals surface area contributed by atoms with E-state index in [4.69, 9.17) is 27.9 Å². The van der Waals surface area contributed by atoms with E-state index in [9.17, 15) is 0 Å². The van der Waals surface area contributed by atoms with Gasteiger partial charge in [0.25, 0.3) is 0 Å². The van der Waals surface area contributed by atoms with Gasteiger partial charge in [-0.2, -0.15) is 0 Å². The van der Waals surface area contributed by atoms with Crippen LogP contribution in [-0.4, -0.2) is 17.1 Å². The molecule has 0 aliphatic rings. The fourth-order valence-electron chi connectivity index (χ4n) is 1.47. The maximum Gasteiger partial charge on any atom is 0.198 e. The minimum atomic E-state index is 0.0577. The summed E-state index contributed by atoms with van der Waals surface area (Å²) in [5.41, 5.74) is 0. The Morgan fingerprint density at radius 1 is 1.33 bits per heavy atom. The SMILES string of the molecule is COc1c(Cl)ncnc1NC(C)c1ccc(Cl)s1. The lowest BCUT2D eigenvalue weighted by Gasteiger charge is -2.15. The summed E-state index contributed by atoms with van der Waals surface area (Å²) in [6.45, 7) is 2.01. The van der Waals surface area contributed by atoms with E-state index in [0.29, 0.717) is 11.6 Å². The first kappa shape index (κ1) is 13.4. The Hall–Kier alpha value is -1.04. The average molecular weight is 304 g/mol. The number of ether oxygens (including phenoxy) is 1. The molecule has 2 aromatic heterocycles. The second-order valence-electron chi connectivity index (χ2n) is 3.55. The highest BCUT2D eigenvalue weighted by Gasteiger charge is 2.14. The van der Waals surface area contributed by atoms with Crippen molar-refractivity contribution in [3.63, 3.8) is 0 Å². The molecule has 0 aliphatic heterocycles. The Bertz CT molecular complexity index is 547. The molecule has 0 spiro atoms. The van der Waals surface area contributed by atoms with E-state index in [0.717, 1.165) is 9.21 Å². The van der Waals surface area contributed by atoms with Crippen molar-refractivity contribution in [1.29, 1.82) is 0 Å². The maximum absolute atomic E-state index is 5.93. The molecule has 0 aliphatic carbocycles. The maximum atomic E-state index is 5.93. The Labute approximate surface area is 119 Å². The van der Waals surface area contributed by atoms with Crippen LogP contribution in [0.2, 0.25) is 9.49 Å². The minimum Gasteiger partial charge on any atom is -0.490 e. The number of thiophene rings is 1. The Morgan fingerprint density at radius 2 is 2.11 bits per heavy atom. The van der Waals surface area contributed by atoms with Crippen molar-refractivity contribution in [3.8, 4) is 5.75 Å². The molecule has 0 fully saturated rings. The van der Waals surface area contributed by atoms with Gasteiger partial charge in [0.2, 0.25) is 0 Å². The summed E-state index contributed by atoms with van der Waals surface area (Å²) >= 11 is 13.4. The summed E-state index contributed by atoms with van der Waals surface area (Å²) < 4.78 is 5.93. The van der Waals surface area contributed by atoms with Crippen LogP contribution in [0.3, 0.4) is 0 Å². The van der Waals surface area contributed by atoms with Gasteiger partial charge in [-0.25, -0.2) is 9.97 Å². The lowest BCUT2D eigenvalue weighted by Crippen LogP contribution is -2.08. The molecule has 1 unspecified atom stereocenters. The van der Waals surface area contributed by atoms with Crippen molar-refractivity contribution in [3.05, 3.63) is 32.8 Å². The lowest BCUT2D eigenvalue weighted by molar-refractivity contribution is 0.412. The fourth-order valence-corrected chi connectivity index (χ4v) is 2.75. The summed E-state index contributed by atoms with van der Waals surface area (Å²) in [5.74, 6) is 1.00. The quantitative estimate of drug-likeness (QED) is 0.866. The van der Waals surface area contributed by atoms with Crippen molar-refractivity contribution in [2.24, 2.45) is 0 Å². The zero-order chi connectivity index (χ0) is 13.1. The van der Waals surface area contributed by atoms with Gasteiger partial charge in [-0.05, 0) is 19.1 Å². The monoisotopic (exact) mass is 303 g/mol. The highest BCUT2D eigenvalue weighted by Crippen LogP contribution is 2.33. The second-order valence-corrected chi connectivity index (χ2v) is 5.66. The highest BCUT2D eigenvalue weighted by atomic mass is 35.5. The molecule has 0 bridgehead atoms. The van der Waals surface area contributed by atoms with Crippen LogP contribution in [0.15, 0.2) is 18.5 Å². The van der Waals surface area contributed by atoms with Gasteiger partial charge in [-0.15, -0.1) is 11.3 Å². The first-order chi connectivity index (χ1) is 8.61. The number of hydrogen-bond donors (Lipinski definition) is 1. The molecule has 0 aromatic carbocycles. The van der Waals surface area contributed by atoms with Gasteiger partial charge in [0.15, 0.2) is 16.7 Å². The number of nitrogens with one attached hydrogen (secondary N) is 1. The van der Waals surface area contributed by atoms with E-state index in [2.05, 4.69) is 15.3 Å². The Balaban J connectivity index is 2.21. The van der Waals surface area contributed by atoms with Gasteiger partial charge in [0, 0.05) is 4.88 Å². The Kier molecular flexibility index (Phi) is 4.27. The van der Waals surface area contributed by atoms with Gasteiger partial charge in [-0.3, -0.25) is 0 Å². The second kappa shape index (κ2) is 5.73. The normalized spacial score (nSPS) is 12.2. The summed E-state index contributed by atoms with van der Waals surface area (Å²) in [4.78, 5) is 9.10. The zero-order valence-corrected chi connectivity index (χ0v) is 12.1. The van der Waals surface area contributed by atoms with Crippen LogP contribution in [0, 0.1) is 0 Å². The third kappa shape index (κ3) is 2.85. The van der Waals surface area contributed by atoms with E-state index in [1.807, 2.05) is 19.1 Å². The molecule has 2 aromatic rings. The topological polar surface area (TPSA) is 47.0 Å². The van der Waals surface area contributed by atoms with Gasteiger partial charge in [-0.1, -0.05) is 23.2 Å². The smallest absolute Gasteiger partial charge is 0.198 e. The summed E-state index contributed by atoms with van der Waals surface area (Å²) in [7, 11) is 1.53. The third-order valence-corrected chi connectivity index (χ3v) is 4.02. The van der Waals surface area contributed by atoms with E-state index >= 15 is 0 Å². The number of hydrogen-bond acceptors (Lipinski definition) is 5. The summed E-state index contributed by atoms with van der Waals surface area (Å²) in [6.07, 6.45) is 1.39. The molecule has 4 nitrogen and oxygen atoms in total. The molecule has 0 radical (unpaired) electrons. The number of halogens is 2. The highest BCUT2D eigenvalue weighted by molar-refractivity contribution is 7.16. The molecule has 18 heavy (non-hydrogen) atoms. The molecule has 0 amide bonds. The number of nitrogens with zero attached hydrogens (tertiary/aromatic N) is 2. The zero-order valence-electron chi connectivity index (χ0n) is 9.78. The van der Waals surface area contributed by atoms with Crippen molar-refractivity contribution in [1.82, 2.24) is 9.97 Å². The van der Waals surface area contributed by atoms with E-state index in [1.165, 1.54) is 24.8 Å². The molecule has 0 saturated heterocycles. The van der Waals surface area contributed by atoms with Crippen molar-refractivity contribution < 1.29 is 4.74 Å². The van der Waals surface area contributed by atoms with Crippen LogP contribution in [0.5, 0.6) is 5.75 Å². The van der Waals surface area contributed by atoms with Crippen molar-refractivity contribution in [2.75, 3.05) is 12.4 Å². The van der Waals surface area contributed by atoms with Crippen molar-refractivity contribution in [2.45, 2.75) is 13.0 Å². The first-order valence-electron chi connectivity index (χ1n) is 5.18. The molecule has 1 N–H and O–H groups in total. The van der Waals surface area contributed by atoms with E-state index < -0.39 is 0 Å². The number of aromatic nitrogens is 2. The van der Waals surface area contributed by atoms with Crippen LogP contribution in [-0.2, 0) is 0 Å². The summed E-state index contributed by atoms with van der Waals surface area (Å²) in [5, 5.41) is 3.51. The molecular weight excluding hydrogens is 293 g/mol. The van der Waals surface area contributed by atoms with Crippen LogP contribution in [0.25, 0.3) is 0 Å². The number of anilines is 1. The first-order valence-corrected chi connectivity index (χ1v) is 6.75. The van der Waals surface area contributed by atoms with Crippen LogP contribution < -0.4 is 10.1 Å². The fraction of sp³-hybridized carbons (Fsp3) is 0.273. The lowest BCUT2D eigenvalue weighted by atomic mass is 10.3. The number of rotatable bonds is 4. The predicted molar refractivity (Wildman–Crippen MR) is 75.0 cm³/mol. The van der Waals surface area contributed by atoms with Crippen LogP contribution in [0.1, 0.15) is 17.8 Å². The molecule has 96 valence electrons. The van der Waals surface area contributed by atoms with Crippen LogP contribution in [0.4, 0.5) is 5.82 Å². The van der Waals surface area contributed by atoms with Gasteiger partial charge < -0.3 is 10.1 Å². The van der Waals surface area contributed by atoms with E-state index in [-0.39, 0.29) is 11.2 Å².